The van der Waals surface area contributed by atoms with Crippen LogP contribution in [0.15, 0.2) is 36.4 Å². The van der Waals surface area contributed by atoms with E-state index in [1.807, 2.05) is 24.3 Å². The highest BCUT2D eigenvalue weighted by Gasteiger charge is 2.47. The van der Waals surface area contributed by atoms with Crippen LogP contribution in [0.3, 0.4) is 0 Å². The van der Waals surface area contributed by atoms with Crippen molar-refractivity contribution >= 4 is 16.7 Å². The molecule has 5 rings (SSSR count). The van der Waals surface area contributed by atoms with E-state index in [9.17, 15) is 14.3 Å². The Morgan fingerprint density at radius 1 is 1.16 bits per heavy atom. The van der Waals surface area contributed by atoms with Crippen LogP contribution in [0.5, 0.6) is 5.75 Å². The van der Waals surface area contributed by atoms with Gasteiger partial charge in [-0.25, -0.2) is 4.39 Å². The molecular formula is C20H16FNO3. The van der Waals surface area contributed by atoms with Gasteiger partial charge in [0.1, 0.15) is 0 Å². The SMILES string of the molecule is O=C1c2cc(F)c(O)cc2C2(CCOCC2)c2[nH]c3ccccc3c21. The molecule has 1 aliphatic carbocycles. The number of para-hydroxylation sites is 1. The largest absolute Gasteiger partial charge is 0.505 e. The van der Waals surface area contributed by atoms with Crippen LogP contribution in [0, 0.1) is 5.82 Å². The number of carbonyl (C=O) groups excluding carboxylic acids is 1. The number of rotatable bonds is 0. The average molecular weight is 337 g/mol. The number of aromatic hydroxyl groups is 1. The Balaban J connectivity index is 1.90. The van der Waals surface area contributed by atoms with Crippen molar-refractivity contribution in [2.75, 3.05) is 13.2 Å². The quantitative estimate of drug-likeness (QED) is 0.658. The average Bonchev–Trinajstić information content (AvgIpc) is 3.03. The van der Waals surface area contributed by atoms with E-state index in [-0.39, 0.29) is 5.78 Å². The van der Waals surface area contributed by atoms with Crippen molar-refractivity contribution in [3.8, 4) is 5.75 Å². The molecule has 1 aliphatic heterocycles. The summed E-state index contributed by atoms with van der Waals surface area (Å²) in [5, 5.41) is 10.8. The van der Waals surface area contributed by atoms with Gasteiger partial charge in [-0.3, -0.25) is 4.79 Å². The van der Waals surface area contributed by atoms with Gasteiger partial charge in [-0.05, 0) is 36.6 Å². The molecule has 0 atom stereocenters. The molecule has 2 aromatic carbocycles. The summed E-state index contributed by atoms with van der Waals surface area (Å²) >= 11 is 0. The summed E-state index contributed by atoms with van der Waals surface area (Å²) < 4.78 is 19.6. The molecule has 2 aliphatic rings. The first-order valence-corrected chi connectivity index (χ1v) is 8.38. The predicted octanol–water partition coefficient (Wildman–Crippen LogP) is 3.65. The first-order chi connectivity index (χ1) is 12.1. The number of carbonyl (C=O) groups is 1. The zero-order valence-corrected chi connectivity index (χ0v) is 13.4. The van der Waals surface area contributed by atoms with Gasteiger partial charge in [0.05, 0.1) is 5.56 Å². The number of phenolic OH excluding ortho intramolecular Hbond substituents is 1. The molecule has 25 heavy (non-hydrogen) atoms. The Kier molecular flexibility index (Phi) is 2.89. The fraction of sp³-hybridized carbons (Fsp3) is 0.250. The highest BCUT2D eigenvalue weighted by molar-refractivity contribution is 6.20. The second-order valence-electron chi connectivity index (χ2n) is 6.79. The van der Waals surface area contributed by atoms with Crippen LogP contribution < -0.4 is 0 Å². The Morgan fingerprint density at radius 3 is 2.72 bits per heavy atom. The number of halogens is 1. The van der Waals surface area contributed by atoms with Crippen LogP contribution in [0.2, 0.25) is 0 Å². The van der Waals surface area contributed by atoms with E-state index in [4.69, 9.17) is 4.74 Å². The third kappa shape index (κ3) is 1.81. The van der Waals surface area contributed by atoms with Gasteiger partial charge in [0.15, 0.2) is 17.3 Å². The molecule has 1 aromatic heterocycles. The molecule has 0 unspecified atom stereocenters. The van der Waals surface area contributed by atoms with E-state index >= 15 is 0 Å². The van der Waals surface area contributed by atoms with Gasteiger partial charge < -0.3 is 14.8 Å². The number of phenols is 1. The zero-order chi connectivity index (χ0) is 17.2. The number of ketones is 1. The number of aromatic nitrogens is 1. The second kappa shape index (κ2) is 4.92. The van der Waals surface area contributed by atoms with Crippen LogP contribution >= 0.6 is 0 Å². The van der Waals surface area contributed by atoms with Crippen molar-refractivity contribution in [3.63, 3.8) is 0 Å². The molecule has 0 bridgehead atoms. The number of hydrogen-bond acceptors (Lipinski definition) is 3. The summed E-state index contributed by atoms with van der Waals surface area (Å²) in [5.41, 5.74) is 2.94. The minimum absolute atomic E-state index is 0.196. The number of aromatic amines is 1. The summed E-state index contributed by atoms with van der Waals surface area (Å²) in [7, 11) is 0. The predicted molar refractivity (Wildman–Crippen MR) is 90.6 cm³/mol. The van der Waals surface area contributed by atoms with Crippen LogP contribution in [0.25, 0.3) is 10.9 Å². The Hall–Kier alpha value is -2.66. The van der Waals surface area contributed by atoms with E-state index in [2.05, 4.69) is 4.98 Å². The Morgan fingerprint density at radius 2 is 1.92 bits per heavy atom. The Labute approximate surface area is 143 Å². The highest BCUT2D eigenvalue weighted by atomic mass is 19.1. The molecule has 0 radical (unpaired) electrons. The van der Waals surface area contributed by atoms with Crippen molar-refractivity contribution in [1.82, 2.24) is 4.98 Å². The van der Waals surface area contributed by atoms with Crippen LogP contribution in [-0.4, -0.2) is 29.1 Å². The summed E-state index contributed by atoms with van der Waals surface area (Å²) in [6.07, 6.45) is 1.36. The topological polar surface area (TPSA) is 62.3 Å². The fourth-order valence-electron chi connectivity index (χ4n) is 4.39. The normalized spacial score (nSPS) is 18.4. The maximum Gasteiger partial charge on any atom is 0.195 e. The standard InChI is InChI=1S/C20H16FNO3/c21-14-9-12-13(10-16(14)23)20(5-7-25-8-6-20)19-17(18(12)24)11-3-1-2-4-15(11)22-19/h1-4,9-10,22-23H,5-8H2. The first-order valence-electron chi connectivity index (χ1n) is 8.38. The molecule has 2 heterocycles. The number of nitrogens with one attached hydrogen (secondary N) is 1. The number of fused-ring (bicyclic) bond motifs is 6. The molecule has 3 aromatic rings. The van der Waals surface area contributed by atoms with Crippen LogP contribution in [-0.2, 0) is 10.2 Å². The highest BCUT2D eigenvalue weighted by Crippen LogP contribution is 2.50. The van der Waals surface area contributed by atoms with Crippen LogP contribution in [0.1, 0.15) is 40.0 Å². The third-order valence-corrected chi connectivity index (χ3v) is 5.61. The van der Waals surface area contributed by atoms with Crippen molar-refractivity contribution in [2.24, 2.45) is 0 Å². The number of H-pyrrole nitrogens is 1. The summed E-state index contributed by atoms with van der Waals surface area (Å²) in [6.45, 7) is 1.11. The summed E-state index contributed by atoms with van der Waals surface area (Å²) in [5.74, 6) is -1.38. The van der Waals surface area contributed by atoms with Crippen molar-refractivity contribution in [1.29, 1.82) is 0 Å². The van der Waals surface area contributed by atoms with Crippen LogP contribution in [0.4, 0.5) is 4.39 Å². The zero-order valence-electron chi connectivity index (χ0n) is 13.4. The van der Waals surface area contributed by atoms with Gasteiger partial charge in [-0.1, -0.05) is 18.2 Å². The van der Waals surface area contributed by atoms with Crippen molar-refractivity contribution < 1.29 is 19.0 Å². The minimum atomic E-state index is -0.766. The maximum atomic E-state index is 14.0. The smallest absolute Gasteiger partial charge is 0.195 e. The molecule has 0 saturated carbocycles. The van der Waals surface area contributed by atoms with Crippen molar-refractivity contribution in [3.05, 3.63) is 64.6 Å². The summed E-state index contributed by atoms with van der Waals surface area (Å²) in [4.78, 5) is 16.6. The lowest BCUT2D eigenvalue weighted by Gasteiger charge is -2.41. The minimum Gasteiger partial charge on any atom is -0.505 e. The molecular weight excluding hydrogens is 321 g/mol. The molecule has 126 valence electrons. The van der Waals surface area contributed by atoms with Gasteiger partial charge >= 0.3 is 0 Å². The van der Waals surface area contributed by atoms with E-state index in [1.54, 1.807) is 0 Å². The Bertz CT molecular complexity index is 1030. The molecule has 0 amide bonds. The van der Waals surface area contributed by atoms with Gasteiger partial charge in [-0.15, -0.1) is 0 Å². The molecule has 1 spiro atoms. The number of ether oxygens (including phenoxy) is 1. The first kappa shape index (κ1) is 14.7. The third-order valence-electron chi connectivity index (χ3n) is 5.61. The lowest BCUT2D eigenvalue weighted by molar-refractivity contribution is 0.0601. The lowest BCUT2D eigenvalue weighted by Crippen LogP contribution is -2.40. The van der Waals surface area contributed by atoms with Gasteiger partial charge in [-0.2, -0.15) is 0 Å². The summed E-state index contributed by atoms with van der Waals surface area (Å²) in [6, 6.07) is 10.3. The molecule has 4 nitrogen and oxygen atoms in total. The second-order valence-corrected chi connectivity index (χ2v) is 6.79. The van der Waals surface area contributed by atoms with Gasteiger partial charge in [0.25, 0.3) is 0 Å². The fourth-order valence-corrected chi connectivity index (χ4v) is 4.39. The molecule has 1 fully saturated rings. The van der Waals surface area contributed by atoms with Gasteiger partial charge in [0.2, 0.25) is 0 Å². The molecule has 2 N–H and O–H groups in total. The van der Waals surface area contributed by atoms with E-state index in [0.29, 0.717) is 42.7 Å². The maximum absolute atomic E-state index is 14.0. The monoisotopic (exact) mass is 337 g/mol. The van der Waals surface area contributed by atoms with Crippen molar-refractivity contribution in [2.45, 2.75) is 18.3 Å². The van der Waals surface area contributed by atoms with E-state index in [0.717, 1.165) is 16.6 Å². The van der Waals surface area contributed by atoms with Gasteiger partial charge in [0, 0.05) is 40.8 Å². The molecule has 5 heteroatoms. The molecule has 1 saturated heterocycles. The number of benzene rings is 2. The number of hydrogen-bond donors (Lipinski definition) is 2. The lowest BCUT2D eigenvalue weighted by atomic mass is 9.64. The van der Waals surface area contributed by atoms with E-state index in [1.165, 1.54) is 12.1 Å². The van der Waals surface area contributed by atoms with E-state index < -0.39 is 17.0 Å².